The van der Waals surface area contributed by atoms with E-state index in [1.807, 2.05) is 0 Å². The summed E-state index contributed by atoms with van der Waals surface area (Å²) in [5.74, 6) is -1.00. The van der Waals surface area contributed by atoms with Gasteiger partial charge in [0.2, 0.25) is 0 Å². The fourth-order valence-electron chi connectivity index (χ4n) is 2.28. The van der Waals surface area contributed by atoms with Gasteiger partial charge in [-0.2, -0.15) is 0 Å². The van der Waals surface area contributed by atoms with E-state index in [0.29, 0.717) is 24.9 Å². The highest BCUT2D eigenvalue weighted by Crippen LogP contribution is 2.17. The molecule has 1 aliphatic rings. The lowest BCUT2D eigenvalue weighted by Gasteiger charge is -2.21. The van der Waals surface area contributed by atoms with Crippen LogP contribution in [0.2, 0.25) is 0 Å². The number of carboxylic acids is 1. The van der Waals surface area contributed by atoms with Crippen molar-refractivity contribution < 1.29 is 19.6 Å². The first-order chi connectivity index (χ1) is 9.99. The number of non-ortho nitro benzene ring substituents is 1. The molecule has 0 bridgehead atoms. The Bertz CT molecular complexity index is 557. The number of aliphatic carboxylic acids is 1. The third kappa shape index (κ3) is 3.47. The quantitative estimate of drug-likeness (QED) is 0.642. The molecule has 1 aromatic carbocycles. The van der Waals surface area contributed by atoms with E-state index in [9.17, 15) is 19.7 Å². The zero-order valence-corrected chi connectivity index (χ0v) is 11.2. The van der Waals surface area contributed by atoms with E-state index in [1.165, 1.54) is 17.0 Å². The van der Waals surface area contributed by atoms with E-state index < -0.39 is 23.0 Å². The Morgan fingerprint density at radius 1 is 1.38 bits per heavy atom. The number of hydrogen-bond donors (Lipinski definition) is 2. The Morgan fingerprint density at radius 2 is 2.05 bits per heavy atom. The van der Waals surface area contributed by atoms with Crippen molar-refractivity contribution in [2.45, 2.75) is 25.4 Å². The number of nitro benzene ring substituents is 1. The number of nitrogens with one attached hydrogen (secondary N) is 1. The third-order valence-electron chi connectivity index (χ3n) is 3.39. The number of likely N-dealkylation sites (tertiary alicyclic amines) is 1. The number of nitro groups is 1. The van der Waals surface area contributed by atoms with Crippen LogP contribution in [-0.2, 0) is 11.3 Å². The zero-order chi connectivity index (χ0) is 15.4. The number of amides is 2. The first-order valence-electron chi connectivity index (χ1n) is 6.49. The summed E-state index contributed by atoms with van der Waals surface area (Å²) in [6, 6.07) is 4.61. The lowest BCUT2D eigenvalue weighted by molar-refractivity contribution is -0.384. The SMILES string of the molecule is O=C(O)[C@@H]1CCCN1C(=O)NCc1ccc([N+](=O)[O-])cc1. The van der Waals surface area contributed by atoms with Crippen molar-refractivity contribution in [3.63, 3.8) is 0 Å². The van der Waals surface area contributed by atoms with Crippen molar-refractivity contribution in [2.24, 2.45) is 0 Å². The van der Waals surface area contributed by atoms with E-state index in [-0.39, 0.29) is 12.2 Å². The molecule has 1 aromatic rings. The fraction of sp³-hybridized carbons (Fsp3) is 0.385. The molecule has 21 heavy (non-hydrogen) atoms. The number of benzene rings is 1. The second-order valence-electron chi connectivity index (χ2n) is 4.77. The molecule has 8 heteroatoms. The Hall–Kier alpha value is -2.64. The van der Waals surface area contributed by atoms with Crippen LogP contribution < -0.4 is 5.32 Å². The number of urea groups is 1. The molecule has 1 fully saturated rings. The number of hydrogen-bond acceptors (Lipinski definition) is 4. The summed E-state index contributed by atoms with van der Waals surface area (Å²) in [7, 11) is 0. The summed E-state index contributed by atoms with van der Waals surface area (Å²) in [5, 5.41) is 22.2. The Labute approximate surface area is 120 Å². The Balaban J connectivity index is 1.91. The predicted octanol–water partition coefficient (Wildman–Crippen LogP) is 1.35. The molecule has 112 valence electrons. The third-order valence-corrected chi connectivity index (χ3v) is 3.39. The number of carboxylic acid groups (broad SMARTS) is 1. The van der Waals surface area contributed by atoms with Crippen molar-refractivity contribution in [3.8, 4) is 0 Å². The largest absolute Gasteiger partial charge is 0.480 e. The number of carbonyl (C=O) groups is 2. The Morgan fingerprint density at radius 3 is 2.62 bits per heavy atom. The minimum atomic E-state index is -1.00. The molecule has 0 aliphatic carbocycles. The second kappa shape index (κ2) is 6.21. The molecule has 2 rings (SSSR count). The van der Waals surface area contributed by atoms with Gasteiger partial charge in [-0.15, -0.1) is 0 Å². The Kier molecular flexibility index (Phi) is 4.36. The lowest BCUT2D eigenvalue weighted by atomic mass is 10.2. The molecule has 1 heterocycles. The molecule has 2 N–H and O–H groups in total. The van der Waals surface area contributed by atoms with Crippen LogP contribution in [0.25, 0.3) is 0 Å². The maximum atomic E-state index is 12.0. The van der Waals surface area contributed by atoms with Gasteiger partial charge in [0.25, 0.3) is 5.69 Å². The van der Waals surface area contributed by atoms with Gasteiger partial charge in [0, 0.05) is 25.2 Å². The molecule has 0 saturated carbocycles. The van der Waals surface area contributed by atoms with E-state index in [4.69, 9.17) is 5.11 Å². The molecular formula is C13H15N3O5. The maximum absolute atomic E-state index is 12.0. The minimum absolute atomic E-state index is 0.0180. The van der Waals surface area contributed by atoms with E-state index in [0.717, 1.165) is 0 Å². The van der Waals surface area contributed by atoms with Gasteiger partial charge in [-0.1, -0.05) is 12.1 Å². The van der Waals surface area contributed by atoms with Gasteiger partial charge in [0.15, 0.2) is 0 Å². The van der Waals surface area contributed by atoms with Gasteiger partial charge in [-0.3, -0.25) is 10.1 Å². The topological polar surface area (TPSA) is 113 Å². The lowest BCUT2D eigenvalue weighted by Crippen LogP contribution is -2.45. The van der Waals surface area contributed by atoms with Crippen molar-refractivity contribution in [2.75, 3.05) is 6.54 Å². The smallest absolute Gasteiger partial charge is 0.326 e. The molecule has 2 amide bonds. The van der Waals surface area contributed by atoms with Crippen LogP contribution in [-0.4, -0.2) is 39.5 Å². The number of rotatable bonds is 4. The number of carbonyl (C=O) groups excluding carboxylic acids is 1. The summed E-state index contributed by atoms with van der Waals surface area (Å²) in [4.78, 5) is 34.3. The van der Waals surface area contributed by atoms with Gasteiger partial charge in [-0.25, -0.2) is 9.59 Å². The van der Waals surface area contributed by atoms with Crippen molar-refractivity contribution in [1.29, 1.82) is 0 Å². The fourth-order valence-corrected chi connectivity index (χ4v) is 2.28. The summed E-state index contributed by atoms with van der Waals surface area (Å²) < 4.78 is 0. The highest BCUT2D eigenvalue weighted by molar-refractivity contribution is 5.83. The molecule has 1 aliphatic heterocycles. The minimum Gasteiger partial charge on any atom is -0.480 e. The van der Waals surface area contributed by atoms with Gasteiger partial charge in [0.1, 0.15) is 6.04 Å². The highest BCUT2D eigenvalue weighted by Gasteiger charge is 2.33. The van der Waals surface area contributed by atoms with Crippen LogP contribution in [0.1, 0.15) is 18.4 Å². The monoisotopic (exact) mass is 293 g/mol. The molecule has 0 radical (unpaired) electrons. The van der Waals surface area contributed by atoms with E-state index >= 15 is 0 Å². The summed E-state index contributed by atoms with van der Waals surface area (Å²) in [6.07, 6.45) is 1.13. The molecule has 0 aromatic heterocycles. The molecule has 8 nitrogen and oxygen atoms in total. The molecule has 0 spiro atoms. The molecule has 1 saturated heterocycles. The van der Waals surface area contributed by atoms with Crippen molar-refractivity contribution in [3.05, 3.63) is 39.9 Å². The van der Waals surface area contributed by atoms with Gasteiger partial charge in [0.05, 0.1) is 4.92 Å². The van der Waals surface area contributed by atoms with Gasteiger partial charge in [-0.05, 0) is 18.4 Å². The van der Waals surface area contributed by atoms with Crippen LogP contribution >= 0.6 is 0 Å². The maximum Gasteiger partial charge on any atom is 0.326 e. The highest BCUT2D eigenvalue weighted by atomic mass is 16.6. The summed E-state index contributed by atoms with van der Waals surface area (Å²) in [6.45, 7) is 0.614. The first-order valence-corrected chi connectivity index (χ1v) is 6.49. The van der Waals surface area contributed by atoms with Crippen LogP contribution in [0.5, 0.6) is 0 Å². The van der Waals surface area contributed by atoms with E-state index in [2.05, 4.69) is 5.32 Å². The van der Waals surface area contributed by atoms with Crippen molar-refractivity contribution in [1.82, 2.24) is 10.2 Å². The van der Waals surface area contributed by atoms with Crippen LogP contribution in [0.3, 0.4) is 0 Å². The molecular weight excluding hydrogens is 278 g/mol. The standard InChI is InChI=1S/C13H15N3O5/c17-12(18)11-2-1-7-15(11)13(19)14-8-9-3-5-10(6-4-9)16(20)21/h3-6,11H,1-2,7-8H2,(H,14,19)(H,17,18)/t11-/m0/s1. The number of nitrogens with zero attached hydrogens (tertiary/aromatic N) is 2. The average Bonchev–Trinajstić information content (AvgIpc) is 2.95. The van der Waals surface area contributed by atoms with E-state index in [1.54, 1.807) is 12.1 Å². The van der Waals surface area contributed by atoms with Crippen LogP contribution in [0.4, 0.5) is 10.5 Å². The van der Waals surface area contributed by atoms with Crippen LogP contribution in [0.15, 0.2) is 24.3 Å². The second-order valence-corrected chi connectivity index (χ2v) is 4.77. The van der Waals surface area contributed by atoms with Gasteiger partial charge >= 0.3 is 12.0 Å². The summed E-state index contributed by atoms with van der Waals surface area (Å²) in [5.41, 5.74) is 0.690. The summed E-state index contributed by atoms with van der Waals surface area (Å²) >= 11 is 0. The van der Waals surface area contributed by atoms with Gasteiger partial charge < -0.3 is 15.3 Å². The normalized spacial score (nSPS) is 17.5. The zero-order valence-electron chi connectivity index (χ0n) is 11.2. The first kappa shape index (κ1) is 14.8. The van der Waals surface area contributed by atoms with Crippen LogP contribution in [0, 0.1) is 10.1 Å². The predicted molar refractivity (Wildman–Crippen MR) is 72.7 cm³/mol. The molecule has 1 atom stereocenters. The average molecular weight is 293 g/mol. The molecule has 0 unspecified atom stereocenters. The van der Waals surface area contributed by atoms with Crippen molar-refractivity contribution >= 4 is 17.7 Å².